The summed E-state index contributed by atoms with van der Waals surface area (Å²) in [6.45, 7) is 8.64. The molecule has 0 bridgehead atoms. The molecule has 9 nitrogen and oxygen atoms in total. The summed E-state index contributed by atoms with van der Waals surface area (Å²) in [5, 5.41) is 17.6. The van der Waals surface area contributed by atoms with Gasteiger partial charge in [-0.2, -0.15) is 0 Å². The van der Waals surface area contributed by atoms with Gasteiger partial charge in [-0.1, -0.05) is 24.6 Å². The fourth-order valence-corrected chi connectivity index (χ4v) is 4.13. The van der Waals surface area contributed by atoms with E-state index in [9.17, 15) is 14.9 Å². The molecule has 1 aliphatic heterocycles. The third-order valence-electron chi connectivity index (χ3n) is 5.32. The zero-order chi connectivity index (χ0) is 24.0. The number of benzene rings is 2. The van der Waals surface area contributed by atoms with E-state index in [-0.39, 0.29) is 28.7 Å². The van der Waals surface area contributed by atoms with Crippen molar-refractivity contribution in [2.24, 2.45) is 0 Å². The summed E-state index contributed by atoms with van der Waals surface area (Å²) in [7, 11) is 0. The monoisotopic (exact) mass is 491 g/mol. The van der Waals surface area contributed by atoms with Gasteiger partial charge in [-0.05, 0) is 50.0 Å². The van der Waals surface area contributed by atoms with Crippen molar-refractivity contribution in [3.63, 3.8) is 0 Å². The molecule has 2 aromatic rings. The van der Waals surface area contributed by atoms with Crippen LogP contribution in [-0.4, -0.2) is 60.2 Å². The standard InChI is InChI=1S/C22H26ClN5O4S/c1-3-26-10-12-27(13-11-26)20-16(23)6-5-7-17(20)24-22(33)25-21(29)15-8-9-19(32-4-2)18(14-15)28(30)31/h5-9,14H,3-4,10-13H2,1-2H3,(H2,24,25,29,33). The highest BCUT2D eigenvalue weighted by Gasteiger charge is 2.22. The molecule has 0 unspecified atom stereocenters. The molecule has 1 fully saturated rings. The van der Waals surface area contributed by atoms with E-state index < -0.39 is 10.8 Å². The number of para-hydroxylation sites is 1. The van der Waals surface area contributed by atoms with Gasteiger partial charge in [0.2, 0.25) is 0 Å². The topological polar surface area (TPSA) is 100.0 Å². The van der Waals surface area contributed by atoms with Crippen molar-refractivity contribution in [3.8, 4) is 5.75 Å². The lowest BCUT2D eigenvalue weighted by Gasteiger charge is -2.37. The highest BCUT2D eigenvalue weighted by Crippen LogP contribution is 2.34. The lowest BCUT2D eigenvalue weighted by molar-refractivity contribution is -0.385. The number of halogens is 1. The molecule has 33 heavy (non-hydrogen) atoms. The SMILES string of the molecule is CCOc1ccc(C(=O)NC(=S)Nc2cccc(Cl)c2N2CCN(CC)CC2)cc1[N+](=O)[O-]. The zero-order valence-electron chi connectivity index (χ0n) is 18.5. The number of nitrogens with one attached hydrogen (secondary N) is 2. The highest BCUT2D eigenvalue weighted by atomic mass is 35.5. The number of likely N-dealkylation sites (N-methyl/N-ethyl adjacent to an activating group) is 1. The minimum Gasteiger partial charge on any atom is -0.487 e. The number of nitrogens with zero attached hydrogens (tertiary/aromatic N) is 3. The summed E-state index contributed by atoms with van der Waals surface area (Å²) in [4.78, 5) is 28.0. The molecule has 2 N–H and O–H groups in total. The number of nitro groups is 1. The maximum atomic E-state index is 12.7. The quantitative estimate of drug-likeness (QED) is 0.341. The molecule has 11 heteroatoms. The summed E-state index contributed by atoms with van der Waals surface area (Å²) in [5.41, 5.74) is 1.31. The number of nitro benzene ring substituents is 1. The number of piperazine rings is 1. The maximum Gasteiger partial charge on any atom is 0.311 e. The van der Waals surface area contributed by atoms with Gasteiger partial charge < -0.3 is 19.9 Å². The van der Waals surface area contributed by atoms with Crippen LogP contribution in [0.4, 0.5) is 17.1 Å². The van der Waals surface area contributed by atoms with Crippen molar-refractivity contribution in [2.75, 3.05) is 49.5 Å². The molecule has 1 aliphatic rings. The maximum absolute atomic E-state index is 12.7. The molecule has 0 radical (unpaired) electrons. The van der Waals surface area contributed by atoms with Gasteiger partial charge in [-0.3, -0.25) is 20.2 Å². The lowest BCUT2D eigenvalue weighted by atomic mass is 10.1. The summed E-state index contributed by atoms with van der Waals surface area (Å²) in [6, 6.07) is 9.48. The molecule has 2 aromatic carbocycles. The molecule has 1 heterocycles. The Morgan fingerprint density at radius 3 is 2.58 bits per heavy atom. The van der Waals surface area contributed by atoms with Crippen LogP contribution >= 0.6 is 23.8 Å². The fraction of sp³-hybridized carbons (Fsp3) is 0.364. The van der Waals surface area contributed by atoms with Gasteiger partial charge in [-0.25, -0.2) is 0 Å². The van der Waals surface area contributed by atoms with Crippen LogP contribution in [0.15, 0.2) is 36.4 Å². The van der Waals surface area contributed by atoms with Crippen molar-refractivity contribution >= 4 is 51.9 Å². The van der Waals surface area contributed by atoms with E-state index in [1.807, 2.05) is 12.1 Å². The number of rotatable bonds is 7. The second-order valence-electron chi connectivity index (χ2n) is 7.34. The Labute approximate surface area is 202 Å². The van der Waals surface area contributed by atoms with Crippen molar-refractivity contribution in [3.05, 3.63) is 57.1 Å². The van der Waals surface area contributed by atoms with Crippen LogP contribution in [0.5, 0.6) is 5.75 Å². The first kappa shape index (κ1) is 24.7. The van der Waals surface area contributed by atoms with Crippen molar-refractivity contribution < 1.29 is 14.5 Å². The molecule has 0 atom stereocenters. The molecule has 0 aromatic heterocycles. The molecule has 176 valence electrons. The van der Waals surface area contributed by atoms with Crippen molar-refractivity contribution in [1.82, 2.24) is 10.2 Å². The van der Waals surface area contributed by atoms with Crippen LogP contribution in [0, 0.1) is 10.1 Å². The van der Waals surface area contributed by atoms with Crippen molar-refractivity contribution in [2.45, 2.75) is 13.8 Å². The smallest absolute Gasteiger partial charge is 0.311 e. The predicted molar refractivity (Wildman–Crippen MR) is 134 cm³/mol. The highest BCUT2D eigenvalue weighted by molar-refractivity contribution is 7.80. The zero-order valence-corrected chi connectivity index (χ0v) is 20.0. The average Bonchev–Trinajstić information content (AvgIpc) is 2.79. The molecule has 1 amide bonds. The molecular weight excluding hydrogens is 466 g/mol. The first-order valence-corrected chi connectivity index (χ1v) is 11.4. The number of carbonyl (C=O) groups is 1. The van der Waals surface area contributed by atoms with E-state index in [1.54, 1.807) is 13.0 Å². The minimum absolute atomic E-state index is 0.0623. The Bertz CT molecular complexity index is 1040. The Hall–Kier alpha value is -2.95. The minimum atomic E-state index is -0.588. The van der Waals surface area contributed by atoms with Gasteiger partial charge in [0.1, 0.15) is 0 Å². The number of hydrogen-bond donors (Lipinski definition) is 2. The van der Waals surface area contributed by atoms with E-state index in [1.165, 1.54) is 18.2 Å². The number of hydrogen-bond acceptors (Lipinski definition) is 7. The van der Waals surface area contributed by atoms with Gasteiger partial charge in [-0.15, -0.1) is 0 Å². The summed E-state index contributed by atoms with van der Waals surface area (Å²) < 4.78 is 5.26. The second kappa shape index (κ2) is 11.3. The third-order valence-corrected chi connectivity index (χ3v) is 5.82. The summed E-state index contributed by atoms with van der Waals surface area (Å²) >= 11 is 11.8. The molecule has 0 aliphatic carbocycles. The molecular formula is C22H26ClN5O4S. The largest absolute Gasteiger partial charge is 0.487 e. The first-order chi connectivity index (χ1) is 15.8. The average molecular weight is 492 g/mol. The van der Waals surface area contributed by atoms with Gasteiger partial charge in [0, 0.05) is 37.8 Å². The van der Waals surface area contributed by atoms with Crippen LogP contribution in [0.1, 0.15) is 24.2 Å². The number of amides is 1. The Kier molecular flexibility index (Phi) is 8.43. The van der Waals surface area contributed by atoms with Gasteiger partial charge in [0.15, 0.2) is 10.9 Å². The van der Waals surface area contributed by atoms with Crippen LogP contribution in [0.25, 0.3) is 0 Å². The summed E-state index contributed by atoms with van der Waals surface area (Å²) in [5.74, 6) is -0.467. The van der Waals surface area contributed by atoms with E-state index in [2.05, 4.69) is 27.4 Å². The third kappa shape index (κ3) is 6.10. The van der Waals surface area contributed by atoms with Crippen LogP contribution < -0.4 is 20.3 Å². The van der Waals surface area contributed by atoms with E-state index in [0.717, 1.165) is 38.4 Å². The van der Waals surface area contributed by atoms with Crippen LogP contribution in [-0.2, 0) is 0 Å². The molecule has 3 rings (SSSR count). The van der Waals surface area contributed by atoms with E-state index in [0.29, 0.717) is 10.7 Å². The predicted octanol–water partition coefficient (Wildman–Crippen LogP) is 3.92. The normalized spacial score (nSPS) is 14.0. The fourth-order valence-electron chi connectivity index (χ4n) is 3.63. The molecule has 1 saturated heterocycles. The van der Waals surface area contributed by atoms with Crippen LogP contribution in [0.3, 0.4) is 0 Å². The van der Waals surface area contributed by atoms with E-state index in [4.69, 9.17) is 28.6 Å². The Morgan fingerprint density at radius 2 is 1.94 bits per heavy atom. The Balaban J connectivity index is 1.73. The van der Waals surface area contributed by atoms with Crippen molar-refractivity contribution in [1.29, 1.82) is 0 Å². The van der Waals surface area contributed by atoms with Gasteiger partial charge in [0.25, 0.3) is 5.91 Å². The lowest BCUT2D eigenvalue weighted by Crippen LogP contribution is -2.46. The van der Waals surface area contributed by atoms with E-state index >= 15 is 0 Å². The van der Waals surface area contributed by atoms with Crippen LogP contribution in [0.2, 0.25) is 5.02 Å². The number of anilines is 2. The summed E-state index contributed by atoms with van der Waals surface area (Å²) in [6.07, 6.45) is 0. The Morgan fingerprint density at radius 1 is 1.21 bits per heavy atom. The second-order valence-corrected chi connectivity index (χ2v) is 8.15. The van der Waals surface area contributed by atoms with Gasteiger partial charge in [0.05, 0.1) is 27.9 Å². The molecule has 0 saturated carbocycles. The first-order valence-electron chi connectivity index (χ1n) is 10.6. The number of ether oxygens (including phenoxy) is 1. The number of carbonyl (C=O) groups excluding carboxylic acids is 1. The molecule has 0 spiro atoms. The number of thiocarbonyl (C=S) groups is 1. The van der Waals surface area contributed by atoms with Gasteiger partial charge >= 0.3 is 5.69 Å².